The van der Waals surface area contributed by atoms with Crippen LogP contribution in [0.4, 0.5) is 14.5 Å². The van der Waals surface area contributed by atoms with Gasteiger partial charge >= 0.3 is 0 Å². The number of carbonyl (C=O) groups is 1. The van der Waals surface area contributed by atoms with Gasteiger partial charge in [-0.25, -0.2) is 8.78 Å². The zero-order valence-electron chi connectivity index (χ0n) is 11.7. The van der Waals surface area contributed by atoms with Crippen LogP contribution in [0.25, 0.3) is 0 Å². The molecular weight excluding hydrogens is 250 g/mol. The molecule has 1 aromatic rings. The van der Waals surface area contributed by atoms with Crippen LogP contribution in [-0.4, -0.2) is 23.9 Å². The van der Waals surface area contributed by atoms with Gasteiger partial charge in [0.2, 0.25) is 0 Å². The lowest BCUT2D eigenvalue weighted by Gasteiger charge is -2.26. The fourth-order valence-electron chi connectivity index (χ4n) is 2.00. The van der Waals surface area contributed by atoms with Gasteiger partial charge in [0, 0.05) is 13.1 Å². The van der Waals surface area contributed by atoms with Gasteiger partial charge in [-0.1, -0.05) is 13.8 Å². The molecule has 3 nitrogen and oxygen atoms in total. The minimum Gasteiger partial charge on any atom is -0.396 e. The highest BCUT2D eigenvalue weighted by Crippen LogP contribution is 2.20. The van der Waals surface area contributed by atoms with Crippen molar-refractivity contribution in [1.29, 1.82) is 0 Å². The summed E-state index contributed by atoms with van der Waals surface area (Å²) >= 11 is 0. The van der Waals surface area contributed by atoms with Gasteiger partial charge in [-0.05, 0) is 31.4 Å². The van der Waals surface area contributed by atoms with E-state index in [1.54, 1.807) is 7.05 Å². The minimum atomic E-state index is -0.866. The molecule has 0 heterocycles. The van der Waals surface area contributed by atoms with Crippen molar-refractivity contribution in [2.45, 2.75) is 33.2 Å². The molecule has 1 atom stereocenters. The summed E-state index contributed by atoms with van der Waals surface area (Å²) in [7, 11) is 1.58. The molecule has 0 aliphatic heterocycles. The number of hydrogen-bond donors (Lipinski definition) is 1. The number of amides is 1. The zero-order valence-corrected chi connectivity index (χ0v) is 11.7. The Morgan fingerprint density at radius 3 is 2.42 bits per heavy atom. The summed E-state index contributed by atoms with van der Waals surface area (Å²) in [6, 6.07) is 1.69. The molecule has 1 rings (SSSR count). The van der Waals surface area contributed by atoms with Crippen molar-refractivity contribution in [2.75, 3.05) is 12.8 Å². The van der Waals surface area contributed by atoms with E-state index < -0.39 is 17.5 Å². The van der Waals surface area contributed by atoms with Crippen LogP contribution in [-0.2, 0) is 0 Å². The summed E-state index contributed by atoms with van der Waals surface area (Å²) in [5, 5.41) is 0. The molecule has 0 aliphatic rings. The Morgan fingerprint density at radius 1 is 1.32 bits per heavy atom. The second-order valence-electron chi connectivity index (χ2n) is 5.25. The van der Waals surface area contributed by atoms with Gasteiger partial charge in [0.05, 0.1) is 11.3 Å². The highest BCUT2D eigenvalue weighted by molar-refractivity contribution is 5.95. The minimum absolute atomic E-state index is 0.0589. The van der Waals surface area contributed by atoms with E-state index in [0.717, 1.165) is 18.6 Å². The maximum atomic E-state index is 13.8. The number of rotatable bonds is 4. The van der Waals surface area contributed by atoms with Crippen molar-refractivity contribution in [3.8, 4) is 0 Å². The summed E-state index contributed by atoms with van der Waals surface area (Å²) in [5.41, 5.74) is 4.65. The average Bonchev–Trinajstić information content (AvgIpc) is 2.31. The lowest BCUT2D eigenvalue weighted by atomic mass is 10.0. The molecule has 5 heteroatoms. The van der Waals surface area contributed by atoms with Gasteiger partial charge in [0.1, 0.15) is 5.82 Å². The SMILES string of the molecule is CC(C)CC(C)N(C)C(=O)c1cc(F)cc(N)c1F. The van der Waals surface area contributed by atoms with Crippen molar-refractivity contribution in [2.24, 2.45) is 5.92 Å². The molecule has 0 bridgehead atoms. The monoisotopic (exact) mass is 270 g/mol. The van der Waals surface area contributed by atoms with Crippen LogP contribution >= 0.6 is 0 Å². The maximum absolute atomic E-state index is 13.8. The lowest BCUT2D eigenvalue weighted by molar-refractivity contribution is 0.0723. The molecular formula is C14H20F2N2O. The first kappa shape index (κ1) is 15.4. The molecule has 0 aliphatic carbocycles. The summed E-state index contributed by atoms with van der Waals surface area (Å²) < 4.78 is 27.0. The molecule has 1 amide bonds. The number of halogens is 2. The second-order valence-corrected chi connectivity index (χ2v) is 5.25. The van der Waals surface area contributed by atoms with E-state index in [2.05, 4.69) is 0 Å². The van der Waals surface area contributed by atoms with Crippen LogP contribution in [0.5, 0.6) is 0 Å². The van der Waals surface area contributed by atoms with E-state index in [4.69, 9.17) is 5.73 Å². The number of nitrogen functional groups attached to an aromatic ring is 1. The van der Waals surface area contributed by atoms with E-state index >= 15 is 0 Å². The smallest absolute Gasteiger partial charge is 0.256 e. The molecule has 19 heavy (non-hydrogen) atoms. The second kappa shape index (κ2) is 5.99. The number of carbonyl (C=O) groups excluding carboxylic acids is 1. The number of anilines is 1. The predicted octanol–water partition coefficient (Wildman–Crippen LogP) is 3.05. The summed E-state index contributed by atoms with van der Waals surface area (Å²) in [6.45, 7) is 5.95. The first-order valence-corrected chi connectivity index (χ1v) is 6.25. The molecule has 0 saturated heterocycles. The van der Waals surface area contributed by atoms with E-state index in [-0.39, 0.29) is 17.3 Å². The van der Waals surface area contributed by atoms with Crippen LogP contribution in [0.3, 0.4) is 0 Å². The molecule has 106 valence electrons. The topological polar surface area (TPSA) is 46.3 Å². The third-order valence-electron chi connectivity index (χ3n) is 3.09. The molecule has 1 unspecified atom stereocenters. The van der Waals surface area contributed by atoms with Crippen molar-refractivity contribution < 1.29 is 13.6 Å². The van der Waals surface area contributed by atoms with E-state index in [9.17, 15) is 13.6 Å². The van der Waals surface area contributed by atoms with Gasteiger partial charge < -0.3 is 10.6 Å². The fraction of sp³-hybridized carbons (Fsp3) is 0.500. The molecule has 0 radical (unpaired) electrons. The number of nitrogens with two attached hydrogens (primary N) is 1. The Balaban J connectivity index is 3.00. The third-order valence-corrected chi connectivity index (χ3v) is 3.09. The van der Waals surface area contributed by atoms with Gasteiger partial charge in [0.15, 0.2) is 5.82 Å². The van der Waals surface area contributed by atoms with Gasteiger partial charge in [-0.15, -0.1) is 0 Å². The Kier molecular flexibility index (Phi) is 4.86. The van der Waals surface area contributed by atoms with Crippen molar-refractivity contribution >= 4 is 11.6 Å². The zero-order chi connectivity index (χ0) is 14.7. The number of nitrogens with zero attached hydrogens (tertiary/aromatic N) is 1. The van der Waals surface area contributed by atoms with Crippen LogP contribution in [0.15, 0.2) is 12.1 Å². The molecule has 0 saturated carbocycles. The Labute approximate surface area is 112 Å². The van der Waals surface area contributed by atoms with E-state index in [1.165, 1.54) is 4.90 Å². The largest absolute Gasteiger partial charge is 0.396 e. The van der Waals surface area contributed by atoms with Crippen LogP contribution < -0.4 is 5.73 Å². The van der Waals surface area contributed by atoms with Crippen molar-refractivity contribution in [3.63, 3.8) is 0 Å². The van der Waals surface area contributed by atoms with Crippen molar-refractivity contribution in [3.05, 3.63) is 29.3 Å². The first-order chi connectivity index (χ1) is 8.73. The highest BCUT2D eigenvalue weighted by atomic mass is 19.1. The maximum Gasteiger partial charge on any atom is 0.256 e. The Morgan fingerprint density at radius 2 is 1.89 bits per heavy atom. The standard InChI is InChI=1S/C14H20F2N2O/c1-8(2)5-9(3)18(4)14(19)11-6-10(15)7-12(17)13(11)16/h6-9H,5,17H2,1-4H3. The molecule has 0 fully saturated rings. The fourth-order valence-corrected chi connectivity index (χ4v) is 2.00. The van der Waals surface area contributed by atoms with Crippen LogP contribution in [0, 0.1) is 17.6 Å². The Bertz CT molecular complexity index is 475. The molecule has 0 aromatic heterocycles. The Hall–Kier alpha value is -1.65. The van der Waals surface area contributed by atoms with Gasteiger partial charge in [0.25, 0.3) is 5.91 Å². The summed E-state index contributed by atoms with van der Waals surface area (Å²) in [6.07, 6.45) is 0.786. The molecule has 0 spiro atoms. The van der Waals surface area contributed by atoms with E-state index in [1.807, 2.05) is 20.8 Å². The number of hydrogen-bond acceptors (Lipinski definition) is 2. The quantitative estimate of drug-likeness (QED) is 0.855. The van der Waals surface area contributed by atoms with E-state index in [0.29, 0.717) is 5.92 Å². The normalized spacial score (nSPS) is 12.6. The van der Waals surface area contributed by atoms with Gasteiger partial charge in [-0.2, -0.15) is 0 Å². The lowest BCUT2D eigenvalue weighted by Crippen LogP contribution is -2.36. The third kappa shape index (κ3) is 3.66. The molecule has 2 N–H and O–H groups in total. The number of benzene rings is 1. The van der Waals surface area contributed by atoms with Crippen LogP contribution in [0.2, 0.25) is 0 Å². The van der Waals surface area contributed by atoms with Crippen LogP contribution in [0.1, 0.15) is 37.6 Å². The highest BCUT2D eigenvalue weighted by Gasteiger charge is 2.23. The summed E-state index contributed by atoms with van der Waals surface area (Å²) in [4.78, 5) is 13.6. The van der Waals surface area contributed by atoms with Crippen molar-refractivity contribution in [1.82, 2.24) is 4.90 Å². The first-order valence-electron chi connectivity index (χ1n) is 6.25. The molecule has 1 aromatic carbocycles. The average molecular weight is 270 g/mol. The predicted molar refractivity (Wildman–Crippen MR) is 71.8 cm³/mol. The summed E-state index contributed by atoms with van der Waals surface area (Å²) in [5.74, 6) is -1.73. The van der Waals surface area contributed by atoms with Gasteiger partial charge in [-0.3, -0.25) is 4.79 Å².